The summed E-state index contributed by atoms with van der Waals surface area (Å²) in [6, 6.07) is 3.53. The third-order valence-corrected chi connectivity index (χ3v) is 10.9. The third-order valence-electron chi connectivity index (χ3n) is 10.9. The van der Waals surface area contributed by atoms with E-state index in [-0.39, 0.29) is 19.4 Å². The van der Waals surface area contributed by atoms with E-state index in [0.29, 0.717) is 31.2 Å². The van der Waals surface area contributed by atoms with Gasteiger partial charge < -0.3 is 35.2 Å². The van der Waals surface area contributed by atoms with Crippen LogP contribution in [0.2, 0.25) is 0 Å². The van der Waals surface area contributed by atoms with Crippen LogP contribution in [0.4, 0.5) is 0 Å². The Kier molecular flexibility index (Phi) is 16.7. The molecule has 0 aliphatic carbocycles. The molecule has 5 amide bonds. The van der Waals surface area contributed by atoms with E-state index in [4.69, 9.17) is 15.9 Å². The summed E-state index contributed by atoms with van der Waals surface area (Å²) in [5, 5.41) is 8.31. The minimum atomic E-state index is -1.39. The van der Waals surface area contributed by atoms with E-state index in [1.165, 1.54) is 23.8 Å². The summed E-state index contributed by atoms with van der Waals surface area (Å²) in [5.41, 5.74) is -0.678. The topological polar surface area (TPSA) is 181 Å². The minimum absolute atomic E-state index is 0.00596. The Bertz CT molecular complexity index is 1650. The number of likely N-dealkylation sites (N-methyl/N-ethyl adjacent to an activating group) is 1. The Morgan fingerprint density at radius 1 is 0.825 bits per heavy atom. The zero-order valence-corrected chi connectivity index (χ0v) is 35.3. The van der Waals surface area contributed by atoms with E-state index in [2.05, 4.69) is 21.9 Å². The van der Waals surface area contributed by atoms with Crippen molar-refractivity contribution < 1.29 is 43.0 Å². The molecule has 2 heterocycles. The molecule has 3 N–H and O–H groups in total. The number of cyclic esters (lactones) is 2. The van der Waals surface area contributed by atoms with Gasteiger partial charge in [-0.15, -0.1) is 12.3 Å². The van der Waals surface area contributed by atoms with Gasteiger partial charge in [0.1, 0.15) is 36.3 Å². The molecule has 2 aliphatic heterocycles. The number of nitrogens with one attached hydrogen (secondary N) is 3. The summed E-state index contributed by atoms with van der Waals surface area (Å²) in [5.74, 6) is -3.34. The van der Waals surface area contributed by atoms with Crippen molar-refractivity contribution >= 4 is 41.5 Å². The number of carbonyl (C=O) groups is 7. The average Bonchev–Trinajstić information content (AvgIpc) is 3.64. The summed E-state index contributed by atoms with van der Waals surface area (Å²) in [6.45, 7) is 15.3. The predicted molar refractivity (Wildman–Crippen MR) is 214 cm³/mol. The van der Waals surface area contributed by atoms with Crippen molar-refractivity contribution in [1.82, 2.24) is 25.8 Å². The van der Waals surface area contributed by atoms with Gasteiger partial charge in [-0.1, -0.05) is 71.9 Å². The second kappa shape index (κ2) is 20.5. The molecule has 1 aromatic carbocycles. The SMILES string of the molecule is C#CCCC[C@@H]1OC(=O)[C@@H](C)NC(=O)[C@@H](C(C)C)NC(=O)[C@H]2CCCN2C(=O)[C@@H](Cc2ccccc2)OC(=O)[C@H](C(C)C)N(C)C(=O)[C@@H](C(C)C)NC(=O)C1(C)C. The number of rotatable bonds is 8. The van der Waals surface area contributed by atoms with Crippen molar-refractivity contribution in [3.63, 3.8) is 0 Å². The number of carbonyl (C=O) groups excluding carboxylic acids is 7. The number of ether oxygens (including phenoxy) is 2. The van der Waals surface area contributed by atoms with Crippen molar-refractivity contribution in [3.05, 3.63) is 35.9 Å². The number of esters is 2. The quantitative estimate of drug-likeness (QED) is 0.203. The summed E-state index contributed by atoms with van der Waals surface area (Å²) in [6.07, 6.45) is 4.94. The van der Waals surface area contributed by atoms with Gasteiger partial charge in [-0.25, -0.2) is 9.59 Å². The molecule has 1 aromatic rings. The van der Waals surface area contributed by atoms with Crippen molar-refractivity contribution in [2.45, 2.75) is 143 Å². The van der Waals surface area contributed by atoms with Crippen LogP contribution in [0.15, 0.2) is 30.3 Å². The highest BCUT2D eigenvalue weighted by molar-refractivity contribution is 5.96. The Morgan fingerprint density at radius 2 is 1.46 bits per heavy atom. The third kappa shape index (κ3) is 11.8. The van der Waals surface area contributed by atoms with Crippen LogP contribution in [0.3, 0.4) is 0 Å². The number of nitrogens with zero attached hydrogens (tertiary/aromatic N) is 2. The molecule has 314 valence electrons. The maximum absolute atomic E-state index is 14.4. The summed E-state index contributed by atoms with van der Waals surface area (Å²) in [7, 11) is 1.46. The van der Waals surface area contributed by atoms with Gasteiger partial charge in [-0.2, -0.15) is 0 Å². The molecule has 0 radical (unpaired) electrons. The monoisotopic (exact) mass is 793 g/mol. The molecular weight excluding hydrogens is 730 g/mol. The number of benzene rings is 1. The number of unbranched alkanes of at least 4 members (excludes halogenated alkanes) is 1. The number of hydrogen-bond acceptors (Lipinski definition) is 9. The van der Waals surface area contributed by atoms with E-state index in [1.807, 2.05) is 6.07 Å². The normalized spacial score (nSPS) is 27.4. The lowest BCUT2D eigenvalue weighted by atomic mass is 9.82. The van der Waals surface area contributed by atoms with Gasteiger partial charge in [0.25, 0.3) is 5.91 Å². The maximum atomic E-state index is 14.4. The predicted octanol–water partition coefficient (Wildman–Crippen LogP) is 3.16. The lowest BCUT2D eigenvalue weighted by Gasteiger charge is -2.38. The molecule has 14 heteroatoms. The fraction of sp³-hybridized carbons (Fsp3) is 0.651. The van der Waals surface area contributed by atoms with E-state index in [1.54, 1.807) is 79.7 Å². The Labute approximate surface area is 337 Å². The summed E-state index contributed by atoms with van der Waals surface area (Å²) in [4.78, 5) is 101. The highest BCUT2D eigenvalue weighted by atomic mass is 16.6. The van der Waals surface area contributed by atoms with Crippen LogP contribution in [-0.4, -0.2) is 107 Å². The number of terminal acetylenes is 1. The molecule has 0 spiro atoms. The van der Waals surface area contributed by atoms with E-state index in [0.717, 1.165) is 0 Å². The van der Waals surface area contributed by atoms with Gasteiger partial charge >= 0.3 is 11.9 Å². The van der Waals surface area contributed by atoms with Gasteiger partial charge in [0.2, 0.25) is 23.6 Å². The van der Waals surface area contributed by atoms with Crippen LogP contribution < -0.4 is 16.0 Å². The second-order valence-corrected chi connectivity index (χ2v) is 16.8. The van der Waals surface area contributed by atoms with Crippen molar-refractivity contribution in [1.29, 1.82) is 0 Å². The van der Waals surface area contributed by atoms with Crippen molar-refractivity contribution in [2.24, 2.45) is 23.2 Å². The molecular formula is C43H63N5O9. The van der Waals surface area contributed by atoms with Crippen LogP contribution >= 0.6 is 0 Å². The summed E-state index contributed by atoms with van der Waals surface area (Å²) < 4.78 is 12.0. The number of hydrogen-bond donors (Lipinski definition) is 3. The molecule has 2 aliphatic rings. The second-order valence-electron chi connectivity index (χ2n) is 16.8. The van der Waals surface area contributed by atoms with Crippen LogP contribution in [-0.2, 0) is 49.5 Å². The lowest BCUT2D eigenvalue weighted by molar-refractivity contribution is -0.169. The van der Waals surface area contributed by atoms with Gasteiger partial charge in [0.05, 0.1) is 5.41 Å². The molecule has 57 heavy (non-hydrogen) atoms. The molecule has 0 saturated carbocycles. The zero-order chi connectivity index (χ0) is 42.8. The van der Waals surface area contributed by atoms with Gasteiger partial charge in [-0.3, -0.25) is 24.0 Å². The van der Waals surface area contributed by atoms with Gasteiger partial charge in [0, 0.05) is 26.4 Å². The fourth-order valence-electron chi connectivity index (χ4n) is 7.27. The largest absolute Gasteiger partial charge is 0.460 e. The van der Waals surface area contributed by atoms with Gasteiger partial charge in [0.15, 0.2) is 6.10 Å². The standard InChI is InChI=1S/C43H63N5O9/c1-12-13-15-22-32-43(9,10)42(55)46-34(26(4)5)39(52)47(11)35(27(6)7)41(54)56-31(24-29-19-16-14-17-20-29)38(51)48-23-18-21-30(48)36(49)45-33(25(2)3)37(50)44-28(8)40(53)57-32/h1,14,16-17,19-20,25-28,30-35H,13,15,18,21-24H2,2-11H3,(H,44,50)(H,45,49)(H,46,55)/t28-,30-,31-,32+,33-,34-,35+/m1/s1. The molecule has 2 fully saturated rings. The first-order valence-electron chi connectivity index (χ1n) is 20.1. The zero-order valence-electron chi connectivity index (χ0n) is 35.3. The van der Waals surface area contributed by atoms with Gasteiger partial charge in [-0.05, 0) is 69.8 Å². The fourth-order valence-corrected chi connectivity index (χ4v) is 7.27. The molecule has 14 nitrogen and oxygen atoms in total. The molecule has 3 rings (SSSR count). The smallest absolute Gasteiger partial charge is 0.329 e. The van der Waals surface area contributed by atoms with Crippen molar-refractivity contribution in [2.75, 3.05) is 13.6 Å². The molecule has 0 bridgehead atoms. The van der Waals surface area contributed by atoms with E-state index >= 15 is 0 Å². The van der Waals surface area contributed by atoms with E-state index in [9.17, 15) is 33.6 Å². The Morgan fingerprint density at radius 3 is 2.04 bits per heavy atom. The Balaban J connectivity index is 2.15. The molecule has 0 unspecified atom stereocenters. The minimum Gasteiger partial charge on any atom is -0.460 e. The number of fused-ring (bicyclic) bond motifs is 1. The van der Waals surface area contributed by atoms with E-state index < -0.39 is 107 Å². The molecule has 7 atom stereocenters. The highest BCUT2D eigenvalue weighted by Gasteiger charge is 2.45. The van der Waals surface area contributed by atoms with Crippen LogP contribution in [0.1, 0.15) is 100.0 Å². The average molecular weight is 794 g/mol. The first-order chi connectivity index (χ1) is 26.7. The maximum Gasteiger partial charge on any atom is 0.329 e. The molecule has 2 saturated heterocycles. The van der Waals surface area contributed by atoms with Crippen LogP contribution in [0.5, 0.6) is 0 Å². The first-order valence-corrected chi connectivity index (χ1v) is 20.1. The molecule has 0 aromatic heterocycles. The van der Waals surface area contributed by atoms with Crippen LogP contribution in [0.25, 0.3) is 0 Å². The van der Waals surface area contributed by atoms with Crippen molar-refractivity contribution in [3.8, 4) is 12.3 Å². The van der Waals surface area contributed by atoms with Crippen LogP contribution in [0, 0.1) is 35.5 Å². The first kappa shape index (κ1) is 46.5. The number of amides is 5. The highest BCUT2D eigenvalue weighted by Crippen LogP contribution is 2.30. The lowest BCUT2D eigenvalue weighted by Crippen LogP contribution is -2.60. The Hall–Kier alpha value is -4.93. The summed E-state index contributed by atoms with van der Waals surface area (Å²) >= 11 is 0.